The van der Waals surface area contributed by atoms with Crippen molar-refractivity contribution in [2.75, 3.05) is 6.61 Å². The van der Waals surface area contributed by atoms with Crippen LogP contribution in [0.1, 0.15) is 13.3 Å². The van der Waals surface area contributed by atoms with Crippen molar-refractivity contribution in [3.05, 3.63) is 36.5 Å². The molecule has 1 heteroatoms. The maximum atomic E-state index is 8.70. The number of hydrogen-bond donors (Lipinski definition) is 1. The second kappa shape index (κ2) is 6.30. The maximum Gasteiger partial charge on any atom is 0.0644 e. The van der Waals surface area contributed by atoms with Crippen LogP contribution in [-0.4, -0.2) is 11.7 Å². The first-order valence-electron chi connectivity index (χ1n) is 3.43. The van der Waals surface area contributed by atoms with Crippen LogP contribution in [0.3, 0.4) is 0 Å². The maximum absolute atomic E-state index is 8.70. The zero-order valence-electron chi connectivity index (χ0n) is 6.38. The summed E-state index contributed by atoms with van der Waals surface area (Å²) in [5.41, 5.74) is 1.04. The lowest BCUT2D eigenvalue weighted by molar-refractivity contribution is 0.328. The molecule has 0 aliphatic carbocycles. The standard InChI is InChI=1S/C9H14O/c1-3-5-6-7-9(4-2)8-10/h3,5-7,10H,1,4,8H2,2H3/b6-5-,9-7-. The number of aliphatic hydroxyl groups excluding tert-OH is 1. The van der Waals surface area contributed by atoms with Gasteiger partial charge in [-0.1, -0.05) is 37.8 Å². The van der Waals surface area contributed by atoms with E-state index in [2.05, 4.69) is 6.58 Å². The number of aliphatic hydroxyl groups is 1. The Morgan fingerprint density at radius 2 is 2.20 bits per heavy atom. The van der Waals surface area contributed by atoms with Crippen molar-refractivity contribution < 1.29 is 5.11 Å². The van der Waals surface area contributed by atoms with Gasteiger partial charge in [-0.2, -0.15) is 0 Å². The van der Waals surface area contributed by atoms with E-state index in [9.17, 15) is 0 Å². The van der Waals surface area contributed by atoms with Gasteiger partial charge in [0.05, 0.1) is 6.61 Å². The lowest BCUT2D eigenvalue weighted by Crippen LogP contribution is -1.85. The molecule has 56 valence electrons. The van der Waals surface area contributed by atoms with Crippen molar-refractivity contribution in [3.63, 3.8) is 0 Å². The molecule has 1 N–H and O–H groups in total. The average Bonchev–Trinajstić information content (AvgIpc) is 1.99. The molecule has 0 aliphatic rings. The molecular formula is C9H14O. The van der Waals surface area contributed by atoms with Crippen LogP contribution in [0.25, 0.3) is 0 Å². The molecule has 0 radical (unpaired) electrons. The van der Waals surface area contributed by atoms with Crippen LogP contribution in [-0.2, 0) is 0 Å². The molecule has 0 heterocycles. The van der Waals surface area contributed by atoms with Crippen LogP contribution >= 0.6 is 0 Å². The molecule has 0 aromatic rings. The summed E-state index contributed by atoms with van der Waals surface area (Å²) in [6, 6.07) is 0. The van der Waals surface area contributed by atoms with Crippen LogP contribution < -0.4 is 0 Å². The quantitative estimate of drug-likeness (QED) is 0.589. The van der Waals surface area contributed by atoms with E-state index in [4.69, 9.17) is 5.11 Å². The fraction of sp³-hybridized carbons (Fsp3) is 0.333. The Labute approximate surface area is 62.4 Å². The van der Waals surface area contributed by atoms with E-state index < -0.39 is 0 Å². The zero-order valence-corrected chi connectivity index (χ0v) is 6.38. The number of rotatable bonds is 4. The lowest BCUT2D eigenvalue weighted by Gasteiger charge is -1.93. The van der Waals surface area contributed by atoms with Gasteiger partial charge in [0.1, 0.15) is 0 Å². The summed E-state index contributed by atoms with van der Waals surface area (Å²) >= 11 is 0. The number of allylic oxidation sites excluding steroid dienone is 4. The molecule has 0 atom stereocenters. The van der Waals surface area contributed by atoms with Crippen LogP contribution in [0.4, 0.5) is 0 Å². The van der Waals surface area contributed by atoms with Gasteiger partial charge in [0, 0.05) is 0 Å². The molecule has 0 saturated heterocycles. The SMILES string of the molecule is C=C/C=C\C=C(\CC)CO. The molecular weight excluding hydrogens is 124 g/mol. The van der Waals surface area contributed by atoms with Gasteiger partial charge in [0.25, 0.3) is 0 Å². The van der Waals surface area contributed by atoms with E-state index in [0.29, 0.717) is 0 Å². The molecule has 0 aliphatic heterocycles. The van der Waals surface area contributed by atoms with E-state index in [1.165, 1.54) is 0 Å². The Hall–Kier alpha value is -0.820. The molecule has 0 aromatic heterocycles. The molecule has 0 unspecified atom stereocenters. The highest BCUT2D eigenvalue weighted by atomic mass is 16.3. The van der Waals surface area contributed by atoms with Gasteiger partial charge in [0.2, 0.25) is 0 Å². The van der Waals surface area contributed by atoms with Crippen molar-refractivity contribution in [1.82, 2.24) is 0 Å². The number of hydrogen-bond acceptors (Lipinski definition) is 1. The summed E-state index contributed by atoms with van der Waals surface area (Å²) < 4.78 is 0. The van der Waals surface area contributed by atoms with Crippen LogP contribution in [0.5, 0.6) is 0 Å². The molecule has 0 bridgehead atoms. The van der Waals surface area contributed by atoms with Gasteiger partial charge in [-0.15, -0.1) is 0 Å². The third kappa shape index (κ3) is 4.10. The monoisotopic (exact) mass is 138 g/mol. The van der Waals surface area contributed by atoms with Gasteiger partial charge in [-0.3, -0.25) is 0 Å². The van der Waals surface area contributed by atoms with Crippen LogP contribution in [0.15, 0.2) is 36.5 Å². The topological polar surface area (TPSA) is 20.2 Å². The van der Waals surface area contributed by atoms with Crippen molar-refractivity contribution >= 4 is 0 Å². The minimum Gasteiger partial charge on any atom is -0.392 e. The highest BCUT2D eigenvalue weighted by Crippen LogP contribution is 1.98. The summed E-state index contributed by atoms with van der Waals surface area (Å²) in [4.78, 5) is 0. The Morgan fingerprint density at radius 1 is 1.50 bits per heavy atom. The first-order chi connectivity index (χ1) is 4.85. The molecule has 1 nitrogen and oxygen atoms in total. The summed E-state index contributed by atoms with van der Waals surface area (Å²) in [6.07, 6.45) is 8.23. The van der Waals surface area contributed by atoms with Crippen molar-refractivity contribution in [3.8, 4) is 0 Å². The van der Waals surface area contributed by atoms with Crippen molar-refractivity contribution in [2.45, 2.75) is 13.3 Å². The van der Waals surface area contributed by atoms with Crippen molar-refractivity contribution in [2.24, 2.45) is 0 Å². The lowest BCUT2D eigenvalue weighted by atomic mass is 10.2. The predicted molar refractivity (Wildman–Crippen MR) is 44.8 cm³/mol. The zero-order chi connectivity index (χ0) is 7.82. The van der Waals surface area contributed by atoms with E-state index >= 15 is 0 Å². The molecule has 0 saturated carbocycles. The summed E-state index contributed by atoms with van der Waals surface area (Å²) in [5, 5.41) is 8.70. The van der Waals surface area contributed by atoms with Gasteiger partial charge in [-0.25, -0.2) is 0 Å². The van der Waals surface area contributed by atoms with Gasteiger partial charge in [0.15, 0.2) is 0 Å². The van der Waals surface area contributed by atoms with Gasteiger partial charge >= 0.3 is 0 Å². The predicted octanol–water partition coefficient (Wildman–Crippen LogP) is 2.06. The summed E-state index contributed by atoms with van der Waals surface area (Å²) in [7, 11) is 0. The van der Waals surface area contributed by atoms with Crippen molar-refractivity contribution in [1.29, 1.82) is 0 Å². The minimum absolute atomic E-state index is 0.151. The smallest absolute Gasteiger partial charge is 0.0644 e. The largest absolute Gasteiger partial charge is 0.392 e. The molecule has 10 heavy (non-hydrogen) atoms. The third-order valence-electron chi connectivity index (χ3n) is 1.24. The third-order valence-corrected chi connectivity index (χ3v) is 1.24. The Morgan fingerprint density at radius 3 is 2.60 bits per heavy atom. The first kappa shape index (κ1) is 9.18. The van der Waals surface area contributed by atoms with E-state index in [1.54, 1.807) is 6.08 Å². The summed E-state index contributed by atoms with van der Waals surface area (Å²) in [5.74, 6) is 0. The fourth-order valence-electron chi connectivity index (χ4n) is 0.553. The Balaban J connectivity index is 3.85. The molecule has 0 spiro atoms. The van der Waals surface area contributed by atoms with E-state index in [0.717, 1.165) is 12.0 Å². The molecule has 0 fully saturated rings. The Kier molecular flexibility index (Phi) is 5.79. The molecule has 0 amide bonds. The summed E-state index contributed by atoms with van der Waals surface area (Å²) in [6.45, 7) is 5.70. The second-order valence-corrected chi connectivity index (χ2v) is 1.96. The normalized spacial score (nSPS) is 12.4. The Bertz CT molecular complexity index is 137. The van der Waals surface area contributed by atoms with Gasteiger partial charge in [-0.05, 0) is 12.0 Å². The van der Waals surface area contributed by atoms with E-state index in [-0.39, 0.29) is 6.61 Å². The fourth-order valence-corrected chi connectivity index (χ4v) is 0.553. The molecule has 0 rings (SSSR count). The second-order valence-electron chi connectivity index (χ2n) is 1.96. The highest BCUT2D eigenvalue weighted by molar-refractivity contribution is 5.15. The van der Waals surface area contributed by atoms with Crippen LogP contribution in [0, 0.1) is 0 Å². The molecule has 0 aromatic carbocycles. The van der Waals surface area contributed by atoms with E-state index in [1.807, 2.05) is 25.2 Å². The minimum atomic E-state index is 0.151. The first-order valence-corrected chi connectivity index (χ1v) is 3.43. The average molecular weight is 138 g/mol. The van der Waals surface area contributed by atoms with Gasteiger partial charge < -0.3 is 5.11 Å². The van der Waals surface area contributed by atoms with Crippen LogP contribution in [0.2, 0.25) is 0 Å². The highest BCUT2D eigenvalue weighted by Gasteiger charge is 1.85.